The average Bonchev–Trinajstić information content (AvgIpc) is 1.36. The van der Waals surface area contributed by atoms with E-state index in [1.54, 1.807) is 82.5 Å². The van der Waals surface area contributed by atoms with Gasteiger partial charge in [-0.2, -0.15) is 0 Å². The summed E-state index contributed by atoms with van der Waals surface area (Å²) in [6.07, 6.45) is 3.14. The van der Waals surface area contributed by atoms with Gasteiger partial charge in [0.2, 0.25) is 0 Å². The highest BCUT2D eigenvalue weighted by Gasteiger charge is 2.74. The minimum Gasteiger partial charge on any atom is -0.458 e. The normalized spacial score (nSPS) is 50.4. The van der Waals surface area contributed by atoms with Gasteiger partial charge in [-0.1, -0.05) is 83.9 Å². The summed E-state index contributed by atoms with van der Waals surface area (Å²) in [5.41, 5.74) is -0.897. The molecule has 0 spiro atoms. The van der Waals surface area contributed by atoms with E-state index < -0.39 is 200 Å². The van der Waals surface area contributed by atoms with Gasteiger partial charge in [0.15, 0.2) is 56.6 Å². The molecule has 35 nitrogen and oxygen atoms in total. The smallest absolute Gasteiger partial charge is 0.333 e. The number of hydrogen-bond donors (Lipinski definition) is 5. The van der Waals surface area contributed by atoms with E-state index in [-0.39, 0.29) is 143 Å². The number of esters is 2. The van der Waals surface area contributed by atoms with Crippen LogP contribution in [0.15, 0.2) is 46.6 Å². The van der Waals surface area contributed by atoms with E-state index in [0.29, 0.717) is 114 Å². The molecule has 8 aliphatic carbocycles. The second-order valence-corrected chi connectivity index (χ2v) is 48.6. The van der Waals surface area contributed by atoms with Crippen LogP contribution in [0.5, 0.6) is 0 Å². The highest BCUT2D eigenvalue weighted by atomic mass is 16.8. The van der Waals surface area contributed by atoms with Crippen molar-refractivity contribution in [3.8, 4) is 0 Å². The Hall–Kier alpha value is -3.92. The van der Waals surface area contributed by atoms with Crippen LogP contribution in [0.1, 0.15) is 294 Å². The van der Waals surface area contributed by atoms with Crippen molar-refractivity contribution in [1.29, 1.82) is 0 Å². The largest absolute Gasteiger partial charge is 0.458 e. The van der Waals surface area contributed by atoms with Crippen LogP contribution in [0.2, 0.25) is 0 Å². The fraction of sp³-hybridized carbons (Fsp3) is 0.896. The Morgan fingerprint density at radius 3 is 0.893 bits per heavy atom. The number of Topliss-reactive ketones (excluding diaryl/α,β-unsaturated/α-hetero) is 2. The first-order chi connectivity index (χ1) is 71.1. The Labute approximate surface area is 889 Å². The number of rotatable bonds is 30. The highest BCUT2D eigenvalue weighted by Crippen LogP contribution is 2.71. The van der Waals surface area contributed by atoms with Crippen LogP contribution in [0.25, 0.3) is 0 Å². The van der Waals surface area contributed by atoms with E-state index in [1.807, 2.05) is 111 Å². The number of carbonyl (C=O) groups is 4. The van der Waals surface area contributed by atoms with Crippen LogP contribution in [0, 0.1) is 74.9 Å². The molecule has 9 saturated heterocycles. The summed E-state index contributed by atoms with van der Waals surface area (Å²) in [5, 5.41) is 58.0. The van der Waals surface area contributed by atoms with Crippen molar-refractivity contribution >= 4 is 23.5 Å². The lowest BCUT2D eigenvalue weighted by Crippen LogP contribution is -2.66. The van der Waals surface area contributed by atoms with Crippen molar-refractivity contribution < 1.29 is 168 Å². The molecule has 0 bridgehead atoms. The fourth-order valence-corrected chi connectivity index (χ4v) is 30.7. The number of hydrogen-bond acceptors (Lipinski definition) is 35. The first-order valence-electron chi connectivity index (χ1n) is 56.6. The Kier molecular flexibility index (Phi) is 38.4. The molecule has 15 fully saturated rings. The molecular weight excluding hydrogens is 1940 g/mol. The molecule has 43 unspecified atom stereocenters. The molecule has 0 aromatic heterocycles. The molecule has 0 aromatic rings. The number of aliphatic hydroxyl groups excluding tert-OH is 3. The van der Waals surface area contributed by atoms with E-state index in [2.05, 4.69) is 26.0 Å². The maximum atomic E-state index is 13.4. The van der Waals surface area contributed by atoms with Crippen molar-refractivity contribution in [3.05, 3.63) is 46.6 Å². The summed E-state index contributed by atoms with van der Waals surface area (Å²) < 4.78 is 166. The summed E-state index contributed by atoms with van der Waals surface area (Å²) >= 11 is 0. The van der Waals surface area contributed by atoms with Gasteiger partial charge in [0.05, 0.1) is 133 Å². The van der Waals surface area contributed by atoms with E-state index in [0.717, 1.165) is 38.5 Å². The number of ether oxygens (including phenoxy) is 26. The lowest BCUT2D eigenvalue weighted by atomic mass is 9.45. The van der Waals surface area contributed by atoms with Crippen molar-refractivity contribution in [1.82, 2.24) is 0 Å². The Balaban J connectivity index is 0.000000215. The third-order valence-electron chi connectivity index (χ3n) is 40.1. The summed E-state index contributed by atoms with van der Waals surface area (Å²) in [7, 11) is 9.98. The summed E-state index contributed by atoms with van der Waals surface area (Å²) in [6.45, 7) is 42.1. The molecule has 9 aliphatic heterocycles. The van der Waals surface area contributed by atoms with Gasteiger partial charge < -0.3 is 149 Å². The van der Waals surface area contributed by atoms with Gasteiger partial charge in [-0.3, -0.25) is 9.59 Å². The van der Waals surface area contributed by atoms with Gasteiger partial charge >= 0.3 is 11.9 Å². The Bertz CT molecular complexity index is 4630. The minimum absolute atomic E-state index is 0.0139. The topological polar surface area (TPSA) is 409 Å². The molecule has 6 saturated carbocycles. The predicted octanol–water partition coefficient (Wildman–Crippen LogP) is 13.9. The zero-order valence-corrected chi connectivity index (χ0v) is 94.5. The molecule has 53 atom stereocenters. The van der Waals surface area contributed by atoms with E-state index in [4.69, 9.17) is 123 Å². The van der Waals surface area contributed by atoms with Gasteiger partial charge in [0, 0.05) is 134 Å². The number of fused-ring (bicyclic) bond motifs is 10. The number of aliphatic hydroxyl groups is 5. The first-order valence-corrected chi connectivity index (χ1v) is 56.6. The van der Waals surface area contributed by atoms with Gasteiger partial charge in [-0.15, -0.1) is 0 Å². The monoisotopic (exact) mass is 2130 g/mol. The molecule has 9 heterocycles. The fourth-order valence-electron chi connectivity index (χ4n) is 30.7. The van der Waals surface area contributed by atoms with Crippen molar-refractivity contribution in [2.75, 3.05) is 42.7 Å². The lowest BCUT2D eigenvalue weighted by molar-refractivity contribution is -0.357. The van der Waals surface area contributed by atoms with Crippen molar-refractivity contribution in [2.45, 2.75) is 538 Å². The number of methoxy groups -OCH3 is 6. The molecular formula is C115H184O35. The van der Waals surface area contributed by atoms with E-state index in [9.17, 15) is 44.7 Å². The summed E-state index contributed by atoms with van der Waals surface area (Å²) in [6, 6.07) is 0. The molecule has 0 aromatic carbocycles. The number of allylic oxidation sites excluding steroid dienone is 4. The second-order valence-electron chi connectivity index (χ2n) is 48.6. The van der Waals surface area contributed by atoms with Crippen LogP contribution in [0.4, 0.5) is 0 Å². The lowest BCUT2D eigenvalue weighted by Gasteiger charge is -2.63. The predicted molar refractivity (Wildman–Crippen MR) is 544 cm³/mol. The molecule has 0 amide bonds. The molecule has 854 valence electrons. The van der Waals surface area contributed by atoms with Crippen LogP contribution in [-0.4, -0.2) is 337 Å². The highest BCUT2D eigenvalue weighted by molar-refractivity contribution is 5.88. The average molecular weight is 2130 g/mol. The zero-order chi connectivity index (χ0) is 109. The van der Waals surface area contributed by atoms with Gasteiger partial charge in [-0.05, 0) is 240 Å². The van der Waals surface area contributed by atoms with Crippen molar-refractivity contribution in [3.63, 3.8) is 0 Å². The summed E-state index contributed by atoms with van der Waals surface area (Å²) in [4.78, 5) is 53.0. The maximum Gasteiger partial charge on any atom is 0.333 e. The van der Waals surface area contributed by atoms with Crippen LogP contribution in [0.3, 0.4) is 0 Å². The van der Waals surface area contributed by atoms with Crippen LogP contribution >= 0.6 is 0 Å². The molecule has 17 aliphatic rings. The molecule has 0 radical (unpaired) electrons. The molecule has 35 heteroatoms. The molecule has 150 heavy (non-hydrogen) atoms. The number of carbonyl (C=O) groups excluding carboxylic acids is 4. The molecule has 17 rings (SSSR count). The second kappa shape index (κ2) is 48.5. The van der Waals surface area contributed by atoms with Gasteiger partial charge in [0.25, 0.3) is 0 Å². The maximum absolute atomic E-state index is 13.4. The van der Waals surface area contributed by atoms with Crippen molar-refractivity contribution in [2.24, 2.45) is 74.9 Å². The molecule has 5 N–H and O–H groups in total. The summed E-state index contributed by atoms with van der Waals surface area (Å²) in [5.74, 6) is -1.76. The van der Waals surface area contributed by atoms with E-state index in [1.165, 1.54) is 11.1 Å². The van der Waals surface area contributed by atoms with E-state index >= 15 is 0 Å². The van der Waals surface area contributed by atoms with Crippen LogP contribution in [-0.2, 0) is 142 Å². The standard InChI is InChI=1S/C61H98O19.C54H86O16/c1-16-30(2)58(64)76-47-25-42-41(61(65)22-20-40(32(4)62)60(47,61)11)18-17-38-24-39(19-21-59(38,42)10)75-49-26-43(66-12)55(34(6)71-49)78-51-28-45(68-14)57(36(8)73-51)80-52-29-46(69-15)56(37(9)74-52)79-50-27-44(67-13)54(35(7)72-50)77-48-23-31(3)53(63)33(5)70-48;1-14-26(2)50(58)67-41-23-38-37(54(59)20-18-36(29(5)55)53(41,54)11)16-15-34-22-35(17-19-52(34,38)10)66-43-24-39(60-12)48(32(8)63-43)69-44-25-40(61-13)49(33(9)64-44)70-51-46(57)28(4)47(31(7)65-51)68-42-21-27(3)45(56)30(6)62-42/h16-17,31,33-37,39-57,63,65H,18-29H2,1-15H3;14-15,27-28,30-33,35-49,51,56-57,59H,16-25H2,1-13H3/b30-16+;26-14+/t31?,33?,34?,35?,36?,37?,39-,40?,41?,42?,43?,44?,45?,46?,47+,48?,49?,50?,51?,52?,53?,54?,55?,56?,57?,59-,60-,61-;27?,28?,30?,31?,32?,33?,35-,36?,37?,38?,39?,40?,41+,42?,43?,44?,45?,46?,47?,48?,49?,51?,52-,53-,54-/m00/s1. The van der Waals surface area contributed by atoms with Gasteiger partial charge in [0.1, 0.15) is 66.5 Å². The third kappa shape index (κ3) is 23.3. The SMILES string of the molecule is C/C=C(\C)C(=O)O[C@@H]1CC2C(CC=C3C[C@@H](OC4CC(OC)C(OC5CC(OC)C(OC6CC(OC)C(OC7CC(OC)C(OC8CC(C)C(O)C(C)O8)C(C)O7)C(C)O6)C(C)O5)C(C)O4)CC[C@@]32C)[C@@]2(O)CCC(C(C)=O)[C@@]12C.C/C=C(\C)C(=O)O[C@@H]1CC2C(CC=C3C[C@@H](OC4CC(OC)C(OC5CC(OC)C(OC6OC(C)C(OC7CC(C)C(O)C(C)O7)C(C)C6O)C(C)O5)C(C)O4)CC[C@@]32C)[C@@]2(O)CCC(C(C)=O)[C@@]12C. The van der Waals surface area contributed by atoms with Crippen LogP contribution < -0.4 is 0 Å². The quantitative estimate of drug-likeness (QED) is 0.0253. The third-order valence-corrected chi connectivity index (χ3v) is 40.1. The van der Waals surface area contributed by atoms with Gasteiger partial charge in [-0.25, -0.2) is 9.59 Å². The zero-order valence-electron chi connectivity index (χ0n) is 94.5. The first kappa shape index (κ1) is 119. The minimum atomic E-state index is -1.15. The number of ketones is 2. The Morgan fingerprint density at radius 2 is 0.607 bits per heavy atom. The Morgan fingerprint density at radius 1 is 0.333 bits per heavy atom.